The van der Waals surface area contributed by atoms with Crippen molar-refractivity contribution in [3.8, 4) is 0 Å². The van der Waals surface area contributed by atoms with E-state index in [0.29, 0.717) is 10.4 Å². The van der Waals surface area contributed by atoms with E-state index < -0.39 is 0 Å². The molecule has 1 saturated heterocycles. The van der Waals surface area contributed by atoms with E-state index in [2.05, 4.69) is 17.1 Å². The van der Waals surface area contributed by atoms with Gasteiger partial charge in [-0.3, -0.25) is 9.69 Å². The molecule has 1 unspecified atom stereocenters. The number of hydrogen-bond donors (Lipinski definition) is 1. The number of rotatable bonds is 2. The summed E-state index contributed by atoms with van der Waals surface area (Å²) in [5.74, 6) is 0.594. The number of carbonyl (C=O) groups excluding carboxylic acids is 1. The van der Waals surface area contributed by atoms with Gasteiger partial charge in [-0.15, -0.1) is 11.8 Å². The first-order chi connectivity index (χ1) is 11.6. The molecule has 2 aromatic carbocycles. The number of thioether (sulfide) groups is 1. The molecule has 2 heterocycles. The molecule has 1 fully saturated rings. The third-order valence-corrected chi connectivity index (χ3v) is 5.76. The number of fused-ring (bicyclic) bond motifs is 1. The molecule has 1 amide bonds. The van der Waals surface area contributed by atoms with Gasteiger partial charge < -0.3 is 4.98 Å². The van der Waals surface area contributed by atoms with Gasteiger partial charge in [0.15, 0.2) is 0 Å². The monoisotopic (exact) mass is 352 g/mol. The molecule has 0 aliphatic carbocycles. The zero-order chi connectivity index (χ0) is 16.7. The second-order valence-corrected chi connectivity index (χ2v) is 7.38. The lowest BCUT2D eigenvalue weighted by Crippen LogP contribution is -2.28. The van der Waals surface area contributed by atoms with Gasteiger partial charge in [0.05, 0.1) is 5.75 Å². The first kappa shape index (κ1) is 15.4. The summed E-state index contributed by atoms with van der Waals surface area (Å²) in [4.78, 5) is 17.6. The zero-order valence-corrected chi connectivity index (χ0v) is 14.8. The van der Waals surface area contributed by atoms with Crippen molar-refractivity contribution in [1.82, 2.24) is 4.98 Å². The van der Waals surface area contributed by atoms with E-state index in [1.807, 2.05) is 54.3 Å². The maximum absolute atomic E-state index is 12.5. The predicted molar refractivity (Wildman–Crippen MR) is 103 cm³/mol. The maximum atomic E-state index is 12.5. The maximum Gasteiger partial charge on any atom is 0.238 e. The molecule has 1 aromatic heterocycles. The Morgan fingerprint density at radius 2 is 1.92 bits per heavy atom. The van der Waals surface area contributed by atoms with Crippen LogP contribution in [0.5, 0.6) is 0 Å². The van der Waals surface area contributed by atoms with Crippen molar-refractivity contribution in [3.63, 3.8) is 0 Å². The van der Waals surface area contributed by atoms with Gasteiger partial charge in [-0.1, -0.05) is 48.1 Å². The number of aryl methyl sites for hydroxylation is 1. The second-order valence-electron chi connectivity index (χ2n) is 5.90. The third-order valence-electron chi connectivity index (χ3n) is 4.23. The summed E-state index contributed by atoms with van der Waals surface area (Å²) >= 11 is 7.19. The fourth-order valence-electron chi connectivity index (χ4n) is 2.99. The first-order valence-electron chi connectivity index (χ1n) is 7.76. The summed E-state index contributed by atoms with van der Waals surface area (Å²) in [5.41, 5.74) is 4.10. The number of carbonyl (C=O) groups is 1. The molecule has 1 aliphatic rings. The van der Waals surface area contributed by atoms with Crippen molar-refractivity contribution in [2.45, 2.75) is 12.3 Å². The molecular weight excluding hydrogens is 336 g/mol. The second kappa shape index (κ2) is 6.07. The van der Waals surface area contributed by atoms with Crippen molar-refractivity contribution in [3.05, 3.63) is 70.4 Å². The van der Waals surface area contributed by atoms with Crippen molar-refractivity contribution < 1.29 is 4.79 Å². The molecule has 120 valence electrons. The molecule has 0 spiro atoms. The van der Waals surface area contributed by atoms with Gasteiger partial charge in [0.25, 0.3) is 0 Å². The highest BCUT2D eigenvalue weighted by molar-refractivity contribution is 8.00. The lowest BCUT2D eigenvalue weighted by atomic mass is 10.1. The third kappa shape index (κ3) is 2.64. The quantitative estimate of drug-likeness (QED) is 0.661. The molecule has 0 radical (unpaired) electrons. The average Bonchev–Trinajstić information content (AvgIpc) is 2.96. The van der Waals surface area contributed by atoms with E-state index in [-0.39, 0.29) is 11.3 Å². The molecule has 5 heteroatoms. The van der Waals surface area contributed by atoms with Crippen LogP contribution in [0, 0.1) is 11.6 Å². The number of benzene rings is 2. The fourth-order valence-corrected chi connectivity index (χ4v) is 4.53. The number of nitrogens with one attached hydrogen (secondary N) is 1. The summed E-state index contributed by atoms with van der Waals surface area (Å²) < 4.78 is 0.693. The Bertz CT molecular complexity index is 979. The van der Waals surface area contributed by atoms with Crippen LogP contribution in [-0.4, -0.2) is 16.6 Å². The van der Waals surface area contributed by atoms with Crippen LogP contribution in [-0.2, 0) is 4.79 Å². The van der Waals surface area contributed by atoms with E-state index in [1.54, 1.807) is 11.8 Å². The van der Waals surface area contributed by atoms with Crippen LogP contribution < -0.4 is 4.90 Å². The molecule has 1 N–H and O–H groups in total. The van der Waals surface area contributed by atoms with Crippen molar-refractivity contribution >= 4 is 46.5 Å². The minimum absolute atomic E-state index is 0.0893. The van der Waals surface area contributed by atoms with Crippen LogP contribution >= 0.6 is 24.0 Å². The lowest BCUT2D eigenvalue weighted by molar-refractivity contribution is -0.115. The molecule has 4 rings (SSSR count). The molecule has 0 saturated carbocycles. The van der Waals surface area contributed by atoms with Gasteiger partial charge in [-0.25, -0.2) is 0 Å². The van der Waals surface area contributed by atoms with E-state index >= 15 is 0 Å². The smallest absolute Gasteiger partial charge is 0.238 e. The van der Waals surface area contributed by atoms with Crippen molar-refractivity contribution in [2.24, 2.45) is 0 Å². The van der Waals surface area contributed by atoms with Crippen LogP contribution in [0.2, 0.25) is 0 Å². The minimum Gasteiger partial charge on any atom is -0.346 e. The lowest BCUT2D eigenvalue weighted by Gasteiger charge is -2.24. The normalized spacial score (nSPS) is 17.6. The number of pyridine rings is 1. The average molecular weight is 352 g/mol. The highest BCUT2D eigenvalue weighted by atomic mass is 32.2. The summed E-state index contributed by atoms with van der Waals surface area (Å²) in [5, 5.41) is 1.01. The van der Waals surface area contributed by atoms with E-state index in [4.69, 9.17) is 12.2 Å². The first-order valence-corrected chi connectivity index (χ1v) is 9.21. The minimum atomic E-state index is -0.0893. The largest absolute Gasteiger partial charge is 0.346 e. The van der Waals surface area contributed by atoms with Crippen LogP contribution in [0.15, 0.2) is 54.6 Å². The van der Waals surface area contributed by atoms with Gasteiger partial charge in [0.1, 0.15) is 10.0 Å². The Morgan fingerprint density at radius 1 is 1.17 bits per heavy atom. The molecule has 0 bridgehead atoms. The Labute approximate surface area is 149 Å². The molecule has 24 heavy (non-hydrogen) atoms. The number of para-hydroxylation sites is 1. The number of H-pyrrole nitrogens is 1. The van der Waals surface area contributed by atoms with Crippen molar-refractivity contribution in [1.29, 1.82) is 0 Å². The predicted octanol–water partition coefficient (Wildman–Crippen LogP) is 4.98. The molecule has 1 atom stereocenters. The van der Waals surface area contributed by atoms with Gasteiger partial charge in [0, 0.05) is 16.8 Å². The summed E-state index contributed by atoms with van der Waals surface area (Å²) in [6.07, 6.45) is 0. The van der Waals surface area contributed by atoms with Crippen LogP contribution in [0.3, 0.4) is 0 Å². The number of aromatic amines is 1. The van der Waals surface area contributed by atoms with E-state index in [0.717, 1.165) is 22.2 Å². The Hall–Kier alpha value is -2.11. The Morgan fingerprint density at radius 3 is 2.71 bits per heavy atom. The molecule has 3 nitrogen and oxygen atoms in total. The number of nitrogens with zero attached hydrogens (tertiary/aromatic N) is 1. The summed E-state index contributed by atoms with van der Waals surface area (Å²) in [6, 6.07) is 18.2. The Balaban J connectivity index is 1.82. The van der Waals surface area contributed by atoms with Gasteiger partial charge in [-0.2, -0.15) is 0 Å². The molecule has 1 aliphatic heterocycles. The van der Waals surface area contributed by atoms with Crippen LogP contribution in [0.25, 0.3) is 10.9 Å². The number of aromatic nitrogens is 1. The fraction of sp³-hybridized carbons (Fsp3) is 0.158. The molecular formula is C19H16N2OS2. The van der Waals surface area contributed by atoms with Gasteiger partial charge >= 0.3 is 0 Å². The number of anilines is 1. The van der Waals surface area contributed by atoms with E-state index in [1.165, 1.54) is 5.56 Å². The number of amides is 1. The zero-order valence-electron chi connectivity index (χ0n) is 13.2. The SMILES string of the molecule is Cc1ccc(N2C(=O)CSC2c2cc3ccccc3[nH]c2=S)cc1. The Kier molecular flexibility index (Phi) is 3.90. The van der Waals surface area contributed by atoms with E-state index in [9.17, 15) is 4.79 Å². The highest BCUT2D eigenvalue weighted by Crippen LogP contribution is 2.42. The van der Waals surface area contributed by atoms with Crippen molar-refractivity contribution in [2.75, 3.05) is 10.7 Å². The van der Waals surface area contributed by atoms with Gasteiger partial charge in [0.2, 0.25) is 5.91 Å². The highest BCUT2D eigenvalue weighted by Gasteiger charge is 2.34. The van der Waals surface area contributed by atoms with Crippen LogP contribution in [0.1, 0.15) is 16.5 Å². The summed E-state index contributed by atoms with van der Waals surface area (Å²) in [7, 11) is 0. The molecule has 3 aromatic rings. The van der Waals surface area contributed by atoms with Gasteiger partial charge in [-0.05, 0) is 36.6 Å². The standard InChI is InChI=1S/C19H16N2OS2/c1-12-6-8-14(9-7-12)21-17(22)11-24-19(21)15-10-13-4-2-3-5-16(13)20-18(15)23/h2-10,19H,11H2,1H3,(H,20,23). The summed E-state index contributed by atoms with van der Waals surface area (Å²) in [6.45, 7) is 2.04. The van der Waals surface area contributed by atoms with Crippen LogP contribution in [0.4, 0.5) is 5.69 Å². The topological polar surface area (TPSA) is 36.1 Å². The number of hydrogen-bond acceptors (Lipinski definition) is 3.